The summed E-state index contributed by atoms with van der Waals surface area (Å²) in [5.41, 5.74) is 1.26. The quantitative estimate of drug-likeness (QED) is 0.649. The van der Waals surface area contributed by atoms with Gasteiger partial charge in [0.25, 0.3) is 0 Å². The van der Waals surface area contributed by atoms with Crippen LogP contribution in [0.15, 0.2) is 12.2 Å². The monoisotopic (exact) mass is 391 g/mol. The largest absolute Gasteiger partial charge is 0.318 e. The molecule has 0 aliphatic carbocycles. The van der Waals surface area contributed by atoms with Crippen LogP contribution in [0.5, 0.6) is 0 Å². The summed E-state index contributed by atoms with van der Waals surface area (Å²) in [6.45, 7) is 12.4. The van der Waals surface area contributed by atoms with E-state index in [9.17, 15) is 0 Å². The van der Waals surface area contributed by atoms with Crippen molar-refractivity contribution in [2.45, 2.75) is 34.1 Å². The maximum Gasteiger partial charge on any atom is 0 e. The normalized spacial score (nSPS) is 7.42. The molecule has 0 saturated heterocycles. The van der Waals surface area contributed by atoms with E-state index in [0.717, 1.165) is 6.42 Å². The molecule has 3 heteroatoms. The Bertz CT molecular complexity index is 97.9. The van der Waals surface area contributed by atoms with Crippen molar-refractivity contribution in [3.63, 3.8) is 0 Å². The van der Waals surface area contributed by atoms with Gasteiger partial charge >= 0.3 is 0 Å². The van der Waals surface area contributed by atoms with Gasteiger partial charge in [0.1, 0.15) is 0 Å². The van der Waals surface area contributed by atoms with Gasteiger partial charge in [0, 0.05) is 98.1 Å². The van der Waals surface area contributed by atoms with Crippen LogP contribution in [0.1, 0.15) is 34.1 Å². The molecule has 0 fully saturated rings. The zero-order valence-electron chi connectivity index (χ0n) is 8.65. The second-order valence-corrected chi connectivity index (χ2v) is 2.99. The first-order valence-electron chi connectivity index (χ1n) is 3.31. The Balaban J connectivity index is -0.000000107. The Labute approximate surface area is 153 Å². The zero-order valence-corrected chi connectivity index (χ0v) is 17.2. The maximum atomic E-state index is 3.94. The summed E-state index contributed by atoms with van der Waals surface area (Å²) in [7, 11) is 0. The van der Waals surface area contributed by atoms with Gasteiger partial charge in [-0.05, 0) is 0 Å². The first-order valence-corrected chi connectivity index (χ1v) is 3.31. The number of hydrogen-bond acceptors (Lipinski definition) is 0. The zero-order chi connectivity index (χ0) is 7.44. The van der Waals surface area contributed by atoms with Crippen LogP contribution in [0, 0.1) is 11.8 Å². The number of rotatable bonds is 3. The van der Waals surface area contributed by atoms with Crippen molar-refractivity contribution >= 4 is 0 Å². The fraction of sp³-hybridized carbons (Fsp3) is 0.556. The summed E-state index contributed by atoms with van der Waals surface area (Å²) < 4.78 is 0. The molecule has 0 amide bonds. The molecule has 12 heavy (non-hydrogen) atoms. The van der Waals surface area contributed by atoms with E-state index in [4.69, 9.17) is 0 Å². The minimum absolute atomic E-state index is 0. The molecule has 0 spiro atoms. The SMILES string of the molecule is C=C(C[C-](C)C)[C-](C)C.[Y].[Y].[Y]. The Morgan fingerprint density at radius 2 is 1.33 bits per heavy atom. The third-order valence-electron chi connectivity index (χ3n) is 1.27. The molecule has 0 rings (SSSR count). The van der Waals surface area contributed by atoms with Crippen molar-refractivity contribution < 1.29 is 98.1 Å². The number of hydrogen-bond donors (Lipinski definition) is 0. The third kappa shape index (κ3) is 15.4. The minimum atomic E-state index is 0. The van der Waals surface area contributed by atoms with Gasteiger partial charge in [-0.2, -0.15) is 20.3 Å². The molecular weight excluding hydrogens is 375 g/mol. The van der Waals surface area contributed by atoms with E-state index < -0.39 is 0 Å². The Morgan fingerprint density at radius 3 is 1.42 bits per heavy atom. The van der Waals surface area contributed by atoms with Crippen molar-refractivity contribution in [1.29, 1.82) is 0 Å². The van der Waals surface area contributed by atoms with Gasteiger partial charge in [-0.15, -0.1) is 13.8 Å². The number of allylic oxidation sites excluding steroid dienone is 1. The summed E-state index contributed by atoms with van der Waals surface area (Å²) in [6, 6.07) is 0. The average Bonchev–Trinajstić information content (AvgIpc) is 1.63. The molecule has 0 aliphatic rings. The predicted molar refractivity (Wildman–Crippen MR) is 42.9 cm³/mol. The third-order valence-corrected chi connectivity index (χ3v) is 1.27. The van der Waals surface area contributed by atoms with Gasteiger partial charge in [0.05, 0.1) is 0 Å². The van der Waals surface area contributed by atoms with Crippen molar-refractivity contribution in [3.05, 3.63) is 24.0 Å². The van der Waals surface area contributed by atoms with E-state index in [-0.39, 0.29) is 98.1 Å². The van der Waals surface area contributed by atoms with Crippen LogP contribution in [0.4, 0.5) is 0 Å². The predicted octanol–water partition coefficient (Wildman–Crippen LogP) is 3.15. The molecule has 0 unspecified atom stereocenters. The van der Waals surface area contributed by atoms with Crippen LogP contribution in [-0.4, -0.2) is 0 Å². The molecule has 0 nitrogen and oxygen atoms in total. The maximum absolute atomic E-state index is 3.94. The van der Waals surface area contributed by atoms with Crippen molar-refractivity contribution in [1.82, 2.24) is 0 Å². The van der Waals surface area contributed by atoms with Crippen LogP contribution >= 0.6 is 0 Å². The second kappa shape index (κ2) is 13.9. The van der Waals surface area contributed by atoms with Gasteiger partial charge in [-0.3, -0.25) is 0 Å². The molecule has 3 radical (unpaired) electrons. The van der Waals surface area contributed by atoms with Gasteiger partial charge in [-0.25, -0.2) is 18.1 Å². The first kappa shape index (κ1) is 24.2. The van der Waals surface area contributed by atoms with Crippen LogP contribution in [0.3, 0.4) is 0 Å². The molecule has 0 aromatic carbocycles. The first-order chi connectivity index (χ1) is 4.04. The fourth-order valence-corrected chi connectivity index (χ4v) is 0.604. The topological polar surface area (TPSA) is 0 Å². The van der Waals surface area contributed by atoms with Crippen molar-refractivity contribution in [2.24, 2.45) is 0 Å². The molecule has 0 aromatic rings. The van der Waals surface area contributed by atoms with Crippen molar-refractivity contribution in [3.8, 4) is 0 Å². The summed E-state index contributed by atoms with van der Waals surface area (Å²) >= 11 is 0. The van der Waals surface area contributed by atoms with Crippen molar-refractivity contribution in [2.75, 3.05) is 0 Å². The molecule has 0 bridgehead atoms. The van der Waals surface area contributed by atoms with Gasteiger partial charge in [0.15, 0.2) is 0 Å². The standard InChI is InChI=1S/C9H16.3Y/c1-7(2)6-9(5)8(3)4;;;/h5-6H2,1-4H3;;;/q-2;;;. The van der Waals surface area contributed by atoms with E-state index in [0.29, 0.717) is 0 Å². The van der Waals surface area contributed by atoms with Gasteiger partial charge < -0.3 is 5.92 Å². The van der Waals surface area contributed by atoms with Crippen LogP contribution in [0.25, 0.3) is 0 Å². The summed E-state index contributed by atoms with van der Waals surface area (Å²) in [4.78, 5) is 0. The van der Waals surface area contributed by atoms with E-state index in [1.807, 2.05) is 0 Å². The van der Waals surface area contributed by atoms with Crippen LogP contribution in [-0.2, 0) is 98.1 Å². The van der Waals surface area contributed by atoms with Crippen LogP contribution < -0.4 is 0 Å². The second-order valence-electron chi connectivity index (χ2n) is 2.99. The molecule has 0 saturated carbocycles. The summed E-state index contributed by atoms with van der Waals surface area (Å²) in [5.74, 6) is 2.78. The minimum Gasteiger partial charge on any atom is -0.318 e. The molecule has 63 valence electrons. The molecule has 0 aliphatic heterocycles. The molecule has 0 atom stereocenters. The van der Waals surface area contributed by atoms with Gasteiger partial charge in [-0.1, -0.05) is 0 Å². The Morgan fingerprint density at radius 1 is 1.00 bits per heavy atom. The summed E-state index contributed by atoms with van der Waals surface area (Å²) in [5, 5.41) is 0. The van der Waals surface area contributed by atoms with E-state index in [2.05, 4.69) is 34.3 Å². The smallest absolute Gasteiger partial charge is 0 e. The van der Waals surface area contributed by atoms with E-state index in [1.165, 1.54) is 17.4 Å². The Kier molecular flexibility index (Phi) is 28.1. The van der Waals surface area contributed by atoms with E-state index in [1.54, 1.807) is 0 Å². The van der Waals surface area contributed by atoms with E-state index >= 15 is 0 Å². The molecule has 0 heterocycles. The molecule has 0 N–H and O–H groups in total. The molecular formula is C9H16Y3-2. The van der Waals surface area contributed by atoms with Gasteiger partial charge in [0.2, 0.25) is 0 Å². The average molecular weight is 391 g/mol. The fourth-order valence-electron chi connectivity index (χ4n) is 0.604. The molecule has 0 aromatic heterocycles. The van der Waals surface area contributed by atoms with Crippen LogP contribution in [0.2, 0.25) is 0 Å². The Hall–Kier alpha value is 2.92. The summed E-state index contributed by atoms with van der Waals surface area (Å²) in [6.07, 6.45) is 1.06.